The van der Waals surface area contributed by atoms with E-state index in [-0.39, 0.29) is 0 Å². The number of fused-ring (bicyclic) bond motifs is 1. The molecule has 0 aliphatic heterocycles. The van der Waals surface area contributed by atoms with Crippen LogP contribution in [0.3, 0.4) is 0 Å². The van der Waals surface area contributed by atoms with Gasteiger partial charge in [-0.1, -0.05) is 38.8 Å². The summed E-state index contributed by atoms with van der Waals surface area (Å²) in [5.74, 6) is 1.35. The van der Waals surface area contributed by atoms with E-state index < -0.39 is 0 Å². The molecular formula is C22H29BrN6O. The molecule has 8 heteroatoms. The maximum Gasteiger partial charge on any atom is 0.316 e. The van der Waals surface area contributed by atoms with Gasteiger partial charge in [0.05, 0.1) is 23.5 Å². The van der Waals surface area contributed by atoms with Gasteiger partial charge in [0.2, 0.25) is 0 Å². The predicted octanol–water partition coefficient (Wildman–Crippen LogP) is 5.53. The van der Waals surface area contributed by atoms with Crippen LogP contribution in [0.15, 0.2) is 41.3 Å². The number of allylic oxidation sites excluding steroid dienone is 2. The third-order valence-corrected chi connectivity index (χ3v) is 5.53. The minimum absolute atomic E-state index is 0.365. The Morgan fingerprint density at radius 2 is 1.93 bits per heavy atom. The first-order valence-corrected chi connectivity index (χ1v) is 11.2. The summed E-state index contributed by atoms with van der Waals surface area (Å²) in [4.78, 5) is 13.1. The SMILES string of the molecule is CCCC.COc1ncc(CNc2cc(C3CC=CCC3)nc3c(Br)cnn23)cn1. The molecule has 7 nitrogen and oxygen atoms in total. The maximum absolute atomic E-state index is 5.00. The molecular weight excluding hydrogens is 444 g/mol. The topological polar surface area (TPSA) is 77.2 Å². The minimum Gasteiger partial charge on any atom is -0.467 e. The number of nitrogens with zero attached hydrogens (tertiary/aromatic N) is 5. The Labute approximate surface area is 186 Å². The number of unbranched alkanes of at least 4 members (excludes halogenated alkanes) is 1. The van der Waals surface area contributed by atoms with Crippen LogP contribution in [0.5, 0.6) is 6.01 Å². The van der Waals surface area contributed by atoms with Crippen LogP contribution in [-0.4, -0.2) is 31.7 Å². The molecule has 1 aliphatic rings. The minimum atomic E-state index is 0.365. The Morgan fingerprint density at radius 1 is 1.17 bits per heavy atom. The summed E-state index contributed by atoms with van der Waals surface area (Å²) >= 11 is 3.55. The Bertz CT molecular complexity index is 968. The van der Waals surface area contributed by atoms with Crippen LogP contribution < -0.4 is 10.1 Å². The van der Waals surface area contributed by atoms with Gasteiger partial charge in [-0.05, 0) is 35.2 Å². The monoisotopic (exact) mass is 472 g/mol. The molecule has 0 radical (unpaired) electrons. The highest BCUT2D eigenvalue weighted by Gasteiger charge is 2.18. The van der Waals surface area contributed by atoms with Crippen molar-refractivity contribution in [3.8, 4) is 6.01 Å². The average Bonchev–Trinajstić information content (AvgIpc) is 3.19. The summed E-state index contributed by atoms with van der Waals surface area (Å²) in [6, 6.07) is 2.46. The summed E-state index contributed by atoms with van der Waals surface area (Å²) in [5, 5.41) is 7.86. The highest BCUT2D eigenvalue weighted by Crippen LogP contribution is 2.31. The molecule has 30 heavy (non-hydrogen) atoms. The second kappa shape index (κ2) is 11.1. The molecule has 4 rings (SSSR count). The molecule has 0 spiro atoms. The number of hydrogen-bond acceptors (Lipinski definition) is 6. The highest BCUT2D eigenvalue weighted by molar-refractivity contribution is 9.10. The fourth-order valence-corrected chi connectivity index (χ4v) is 3.43. The first-order chi connectivity index (χ1) is 14.7. The zero-order valence-corrected chi connectivity index (χ0v) is 19.4. The van der Waals surface area contributed by atoms with Crippen LogP contribution in [0.2, 0.25) is 0 Å². The Balaban J connectivity index is 0.000000589. The molecule has 1 aliphatic carbocycles. The second-order valence-electron chi connectivity index (χ2n) is 7.21. The molecule has 0 fully saturated rings. The lowest BCUT2D eigenvalue weighted by atomic mass is 9.91. The van der Waals surface area contributed by atoms with E-state index >= 15 is 0 Å². The summed E-state index contributed by atoms with van der Waals surface area (Å²) < 4.78 is 7.71. The first-order valence-electron chi connectivity index (χ1n) is 10.4. The van der Waals surface area contributed by atoms with Gasteiger partial charge >= 0.3 is 6.01 Å². The van der Waals surface area contributed by atoms with E-state index in [1.807, 2.05) is 4.52 Å². The van der Waals surface area contributed by atoms with Crippen LogP contribution in [0.25, 0.3) is 5.65 Å². The smallest absolute Gasteiger partial charge is 0.316 e. The highest BCUT2D eigenvalue weighted by atomic mass is 79.9. The van der Waals surface area contributed by atoms with E-state index in [9.17, 15) is 0 Å². The third-order valence-electron chi connectivity index (χ3n) is 4.97. The lowest BCUT2D eigenvalue weighted by molar-refractivity contribution is 0.379. The normalized spacial score (nSPS) is 15.5. The zero-order chi connectivity index (χ0) is 21.3. The van der Waals surface area contributed by atoms with E-state index in [0.29, 0.717) is 18.5 Å². The van der Waals surface area contributed by atoms with Crippen LogP contribution in [0.4, 0.5) is 5.82 Å². The first kappa shape index (κ1) is 22.2. The van der Waals surface area contributed by atoms with Crippen molar-refractivity contribution in [1.82, 2.24) is 24.6 Å². The maximum atomic E-state index is 5.00. The Hall–Kier alpha value is -2.48. The molecule has 3 heterocycles. The predicted molar refractivity (Wildman–Crippen MR) is 123 cm³/mol. The van der Waals surface area contributed by atoms with Gasteiger partial charge in [0, 0.05) is 36.5 Å². The van der Waals surface area contributed by atoms with Crippen molar-refractivity contribution in [1.29, 1.82) is 0 Å². The van der Waals surface area contributed by atoms with Crippen molar-refractivity contribution in [3.63, 3.8) is 0 Å². The van der Waals surface area contributed by atoms with Gasteiger partial charge in [-0.15, -0.1) is 0 Å². The second-order valence-corrected chi connectivity index (χ2v) is 8.06. The van der Waals surface area contributed by atoms with Crippen LogP contribution in [0.1, 0.15) is 63.1 Å². The van der Waals surface area contributed by atoms with E-state index in [2.05, 4.69) is 68.4 Å². The molecule has 1 N–H and O–H groups in total. The van der Waals surface area contributed by atoms with Crippen molar-refractivity contribution in [3.05, 3.63) is 52.5 Å². The summed E-state index contributed by atoms with van der Waals surface area (Å²) in [6.45, 7) is 4.95. The molecule has 3 aromatic heterocycles. The molecule has 0 saturated heterocycles. The molecule has 0 saturated carbocycles. The average molecular weight is 473 g/mol. The summed E-state index contributed by atoms with van der Waals surface area (Å²) in [6.07, 6.45) is 15.7. The molecule has 1 atom stereocenters. The van der Waals surface area contributed by atoms with E-state index in [1.54, 1.807) is 25.7 Å². The van der Waals surface area contributed by atoms with Crippen molar-refractivity contribution in [2.24, 2.45) is 0 Å². The Morgan fingerprint density at radius 3 is 2.57 bits per heavy atom. The third kappa shape index (κ3) is 5.56. The van der Waals surface area contributed by atoms with Gasteiger partial charge in [-0.3, -0.25) is 0 Å². The standard InChI is InChI=1S/C18H19BrN6O.C4H10/c1-26-18-21-9-12(10-22-18)8-20-16-7-15(13-5-3-2-4-6-13)24-17-14(19)11-23-25(16)17;1-3-4-2/h2-3,7,9-11,13,20H,4-6,8H2,1H3;3-4H2,1-2H3. The van der Waals surface area contributed by atoms with Gasteiger partial charge in [0.1, 0.15) is 5.82 Å². The number of hydrogen-bond donors (Lipinski definition) is 1. The number of nitrogens with one attached hydrogen (secondary N) is 1. The van der Waals surface area contributed by atoms with E-state index in [4.69, 9.17) is 9.72 Å². The van der Waals surface area contributed by atoms with Gasteiger partial charge < -0.3 is 10.1 Å². The zero-order valence-electron chi connectivity index (χ0n) is 17.8. The lowest BCUT2D eigenvalue weighted by Crippen LogP contribution is -2.11. The summed E-state index contributed by atoms with van der Waals surface area (Å²) in [5.41, 5.74) is 2.88. The Kier molecular flexibility index (Phi) is 8.19. The lowest BCUT2D eigenvalue weighted by Gasteiger charge is -2.19. The molecule has 0 bridgehead atoms. The number of aromatic nitrogens is 5. The van der Waals surface area contributed by atoms with Gasteiger partial charge in [0.25, 0.3) is 0 Å². The van der Waals surface area contributed by atoms with Crippen molar-refractivity contribution >= 4 is 27.4 Å². The molecule has 160 valence electrons. The molecule has 3 aromatic rings. The van der Waals surface area contributed by atoms with Crippen LogP contribution in [-0.2, 0) is 6.54 Å². The number of anilines is 1. The number of ether oxygens (including phenoxy) is 1. The van der Waals surface area contributed by atoms with Gasteiger partial charge in [-0.25, -0.2) is 15.0 Å². The number of rotatable bonds is 6. The van der Waals surface area contributed by atoms with E-state index in [1.165, 1.54) is 12.8 Å². The van der Waals surface area contributed by atoms with Crippen LogP contribution >= 0.6 is 15.9 Å². The van der Waals surface area contributed by atoms with Gasteiger partial charge in [-0.2, -0.15) is 9.61 Å². The molecule has 0 aromatic carbocycles. The van der Waals surface area contributed by atoms with Crippen molar-refractivity contribution < 1.29 is 4.74 Å². The van der Waals surface area contributed by atoms with E-state index in [0.717, 1.165) is 46.5 Å². The number of halogens is 1. The largest absolute Gasteiger partial charge is 0.467 e. The summed E-state index contributed by atoms with van der Waals surface area (Å²) in [7, 11) is 1.55. The fourth-order valence-electron chi connectivity index (χ4n) is 3.08. The fraction of sp³-hybridized carbons (Fsp3) is 0.455. The quantitative estimate of drug-likeness (QED) is 0.475. The van der Waals surface area contributed by atoms with Crippen molar-refractivity contribution in [2.75, 3.05) is 12.4 Å². The molecule has 0 amide bonds. The molecule has 1 unspecified atom stereocenters. The van der Waals surface area contributed by atoms with Crippen LogP contribution in [0, 0.1) is 0 Å². The van der Waals surface area contributed by atoms with Gasteiger partial charge in [0.15, 0.2) is 5.65 Å². The number of methoxy groups -OCH3 is 1. The van der Waals surface area contributed by atoms with Crippen molar-refractivity contribution in [2.45, 2.75) is 58.4 Å².